The Labute approximate surface area is 213 Å². The van der Waals surface area contributed by atoms with Crippen molar-refractivity contribution in [1.82, 2.24) is 13.9 Å². The van der Waals surface area contributed by atoms with Gasteiger partial charge in [0.2, 0.25) is 0 Å². The van der Waals surface area contributed by atoms with Gasteiger partial charge in [0.05, 0.1) is 11.2 Å². The van der Waals surface area contributed by atoms with Crippen LogP contribution < -0.4 is 0 Å². The summed E-state index contributed by atoms with van der Waals surface area (Å²) in [6.07, 6.45) is 4.99. The minimum Gasteiger partial charge on any atom is -0.464 e. The van der Waals surface area contributed by atoms with Crippen molar-refractivity contribution < 1.29 is 22.7 Å². The Kier molecular flexibility index (Phi) is 5.29. The fourth-order valence-electron chi connectivity index (χ4n) is 4.83. The summed E-state index contributed by atoms with van der Waals surface area (Å²) in [5.41, 5.74) is 1.28. The molecule has 2 aromatic carbocycles. The van der Waals surface area contributed by atoms with Crippen molar-refractivity contribution in [3.05, 3.63) is 97.0 Å². The SMILES string of the molecule is CN1CCC(O)(c2cccc(-c3cc(-c4cn(S(=O)(=O)c5ccccc5)c5ncccc45)co3)c2)C1=O. The summed E-state index contributed by atoms with van der Waals surface area (Å²) in [5.74, 6) is 0.194. The van der Waals surface area contributed by atoms with Crippen molar-refractivity contribution in [3.8, 4) is 22.5 Å². The molecule has 0 aliphatic carbocycles. The van der Waals surface area contributed by atoms with Crippen LogP contribution in [0.5, 0.6) is 0 Å². The van der Waals surface area contributed by atoms with Crippen molar-refractivity contribution in [1.29, 1.82) is 0 Å². The van der Waals surface area contributed by atoms with Crippen molar-refractivity contribution in [2.24, 2.45) is 0 Å². The molecule has 1 fully saturated rings. The maximum atomic E-state index is 13.4. The molecule has 8 nitrogen and oxygen atoms in total. The molecule has 0 radical (unpaired) electrons. The van der Waals surface area contributed by atoms with Gasteiger partial charge in [-0.05, 0) is 42.0 Å². The van der Waals surface area contributed by atoms with E-state index >= 15 is 0 Å². The topological polar surface area (TPSA) is 106 Å². The number of furan rings is 1. The smallest absolute Gasteiger partial charge is 0.269 e. The number of nitrogens with zero attached hydrogens (tertiary/aromatic N) is 3. The number of aliphatic hydroxyl groups is 1. The lowest BCUT2D eigenvalue weighted by molar-refractivity contribution is -0.143. The highest BCUT2D eigenvalue weighted by molar-refractivity contribution is 7.90. The van der Waals surface area contributed by atoms with Crippen LogP contribution in [0.4, 0.5) is 0 Å². The van der Waals surface area contributed by atoms with E-state index in [0.29, 0.717) is 52.0 Å². The van der Waals surface area contributed by atoms with Crippen molar-refractivity contribution >= 4 is 27.0 Å². The predicted octanol–water partition coefficient (Wildman–Crippen LogP) is 4.25. The second-order valence-electron chi connectivity index (χ2n) is 9.15. The van der Waals surface area contributed by atoms with Crippen LogP contribution in [0.15, 0.2) is 101 Å². The third-order valence-corrected chi connectivity index (χ3v) is 8.54. The van der Waals surface area contributed by atoms with Gasteiger partial charge in [0.25, 0.3) is 15.9 Å². The van der Waals surface area contributed by atoms with Crippen LogP contribution >= 0.6 is 0 Å². The van der Waals surface area contributed by atoms with Gasteiger partial charge in [-0.2, -0.15) is 0 Å². The Bertz CT molecular complexity index is 1760. The molecule has 3 aromatic heterocycles. The number of hydrogen-bond donors (Lipinski definition) is 1. The Hall–Kier alpha value is -4.21. The average Bonchev–Trinajstić information content (AvgIpc) is 3.63. The highest BCUT2D eigenvalue weighted by Gasteiger charge is 2.45. The van der Waals surface area contributed by atoms with E-state index in [2.05, 4.69) is 4.98 Å². The molecule has 0 saturated carbocycles. The molecule has 1 unspecified atom stereocenters. The Morgan fingerprint density at radius 1 is 1.00 bits per heavy atom. The van der Waals surface area contributed by atoms with E-state index in [4.69, 9.17) is 4.42 Å². The van der Waals surface area contributed by atoms with Gasteiger partial charge in [0.15, 0.2) is 11.2 Å². The van der Waals surface area contributed by atoms with E-state index in [9.17, 15) is 18.3 Å². The monoisotopic (exact) mass is 513 g/mol. The molecule has 6 rings (SSSR count). The zero-order valence-corrected chi connectivity index (χ0v) is 20.7. The lowest BCUT2D eigenvalue weighted by atomic mass is 9.90. The highest BCUT2D eigenvalue weighted by atomic mass is 32.2. The van der Waals surface area contributed by atoms with Gasteiger partial charge >= 0.3 is 0 Å². The zero-order chi connectivity index (χ0) is 25.8. The average molecular weight is 514 g/mol. The number of likely N-dealkylation sites (tertiary alicyclic amines) is 1. The molecule has 1 atom stereocenters. The van der Waals surface area contributed by atoms with Gasteiger partial charge < -0.3 is 14.4 Å². The molecule has 9 heteroatoms. The molecular formula is C28H23N3O5S. The van der Waals surface area contributed by atoms with Crippen LogP contribution in [0.1, 0.15) is 12.0 Å². The maximum Gasteiger partial charge on any atom is 0.269 e. The van der Waals surface area contributed by atoms with E-state index in [-0.39, 0.29) is 10.8 Å². The number of fused-ring (bicyclic) bond motifs is 1. The molecule has 1 aliphatic rings. The first-order valence-corrected chi connectivity index (χ1v) is 13.2. The lowest BCUT2D eigenvalue weighted by Crippen LogP contribution is -2.36. The maximum absolute atomic E-state index is 13.4. The minimum absolute atomic E-state index is 0.166. The number of aromatic nitrogens is 2. The number of carbonyl (C=O) groups excluding carboxylic acids is 1. The lowest BCUT2D eigenvalue weighted by Gasteiger charge is -2.21. The number of amides is 1. The molecule has 1 amide bonds. The van der Waals surface area contributed by atoms with Crippen LogP contribution in [0.25, 0.3) is 33.5 Å². The first-order valence-electron chi connectivity index (χ1n) is 11.7. The molecule has 1 saturated heterocycles. The van der Waals surface area contributed by atoms with E-state index in [1.807, 2.05) is 18.2 Å². The fourth-order valence-corrected chi connectivity index (χ4v) is 6.18. The second kappa shape index (κ2) is 8.43. The normalized spacial score (nSPS) is 18.1. The first-order chi connectivity index (χ1) is 17.8. The molecule has 1 N–H and O–H groups in total. The van der Waals surface area contributed by atoms with E-state index < -0.39 is 15.6 Å². The van der Waals surface area contributed by atoms with Gasteiger partial charge in [-0.1, -0.05) is 36.4 Å². The predicted molar refractivity (Wildman–Crippen MR) is 138 cm³/mol. The van der Waals surface area contributed by atoms with Crippen molar-refractivity contribution in [2.75, 3.05) is 13.6 Å². The molecule has 5 aromatic rings. The number of pyridine rings is 1. The van der Waals surface area contributed by atoms with Crippen molar-refractivity contribution in [2.45, 2.75) is 16.9 Å². The first kappa shape index (κ1) is 23.2. The molecule has 186 valence electrons. The Morgan fingerprint density at radius 2 is 1.81 bits per heavy atom. The Balaban J connectivity index is 1.42. The number of rotatable bonds is 5. The van der Waals surface area contributed by atoms with Crippen LogP contribution in [0, 0.1) is 0 Å². The molecule has 1 aliphatic heterocycles. The molecule has 0 bridgehead atoms. The number of hydrogen-bond acceptors (Lipinski definition) is 6. The summed E-state index contributed by atoms with van der Waals surface area (Å²) >= 11 is 0. The number of carbonyl (C=O) groups is 1. The summed E-state index contributed by atoms with van der Waals surface area (Å²) < 4.78 is 33.9. The summed E-state index contributed by atoms with van der Waals surface area (Å²) in [7, 11) is -2.20. The number of benzene rings is 2. The van der Waals surface area contributed by atoms with Crippen LogP contribution in [0.3, 0.4) is 0 Å². The summed E-state index contributed by atoms with van der Waals surface area (Å²) in [4.78, 5) is 18.6. The van der Waals surface area contributed by atoms with Crippen LogP contribution in [0.2, 0.25) is 0 Å². The van der Waals surface area contributed by atoms with Gasteiger partial charge in [0.1, 0.15) is 5.76 Å². The third-order valence-electron chi connectivity index (χ3n) is 6.88. The van der Waals surface area contributed by atoms with Crippen LogP contribution in [-0.4, -0.2) is 46.9 Å². The van der Waals surface area contributed by atoms with E-state index in [1.54, 1.807) is 80.3 Å². The van der Waals surface area contributed by atoms with Gasteiger partial charge in [-0.15, -0.1) is 0 Å². The van der Waals surface area contributed by atoms with Gasteiger partial charge in [-0.3, -0.25) is 4.79 Å². The molecular weight excluding hydrogens is 490 g/mol. The standard InChI is InChI=1S/C28H23N3O5S/c1-30-14-12-28(33,27(30)32)21-8-5-7-19(15-21)25-16-20(18-36-25)24-17-31(26-23(24)11-6-13-29-26)37(34,35)22-9-3-2-4-10-22/h2-11,13,15-18,33H,12,14H2,1H3. The summed E-state index contributed by atoms with van der Waals surface area (Å²) in [6, 6.07) is 20.7. The Morgan fingerprint density at radius 3 is 2.57 bits per heavy atom. The number of likely N-dealkylation sites (N-methyl/N-ethyl adjacent to an activating group) is 1. The second-order valence-corrected chi connectivity index (χ2v) is 11.0. The highest BCUT2D eigenvalue weighted by Crippen LogP contribution is 2.38. The van der Waals surface area contributed by atoms with Crippen molar-refractivity contribution in [3.63, 3.8) is 0 Å². The fraction of sp³-hybridized carbons (Fsp3) is 0.143. The minimum atomic E-state index is -3.87. The molecule has 37 heavy (non-hydrogen) atoms. The van der Waals surface area contributed by atoms with E-state index in [1.165, 1.54) is 8.87 Å². The van der Waals surface area contributed by atoms with Gasteiger partial charge in [-0.25, -0.2) is 17.4 Å². The molecule has 4 heterocycles. The van der Waals surface area contributed by atoms with E-state index in [0.717, 1.165) is 0 Å². The summed E-state index contributed by atoms with van der Waals surface area (Å²) in [5, 5.41) is 11.7. The van der Waals surface area contributed by atoms with Gasteiger partial charge in [0, 0.05) is 54.5 Å². The third kappa shape index (κ3) is 3.66. The quantitative estimate of drug-likeness (QED) is 0.377. The zero-order valence-electron chi connectivity index (χ0n) is 19.9. The summed E-state index contributed by atoms with van der Waals surface area (Å²) in [6.45, 7) is 0.481. The van der Waals surface area contributed by atoms with Crippen LogP contribution in [-0.2, 0) is 20.4 Å². The molecule has 0 spiro atoms. The largest absolute Gasteiger partial charge is 0.464 e.